The van der Waals surface area contributed by atoms with Gasteiger partial charge in [0, 0.05) is 19.0 Å². The molecular formula is C8H16N2O2. The second kappa shape index (κ2) is 3.87. The first-order chi connectivity index (χ1) is 5.61. The normalized spacial score (nSPS) is 23.8. The average molecular weight is 172 g/mol. The van der Waals surface area contributed by atoms with E-state index in [4.69, 9.17) is 5.73 Å². The third-order valence-corrected chi connectivity index (χ3v) is 2.46. The minimum absolute atomic E-state index is 0.0139. The molecule has 0 spiro atoms. The van der Waals surface area contributed by atoms with E-state index in [1.165, 1.54) is 0 Å². The standard InChI is InChI=1S/C8H16N2O2/c1-6(11)10-4-2-7(3-5-10)8(9)12/h6-7,11H,2-5H2,1H3,(H2,9,12). The quantitative estimate of drug-likeness (QED) is 0.591. The number of nitrogens with two attached hydrogens (primary N) is 1. The van der Waals surface area contributed by atoms with Gasteiger partial charge >= 0.3 is 0 Å². The fourth-order valence-corrected chi connectivity index (χ4v) is 1.56. The Hall–Kier alpha value is -0.610. The van der Waals surface area contributed by atoms with E-state index in [1.54, 1.807) is 6.92 Å². The highest BCUT2D eigenvalue weighted by molar-refractivity contribution is 5.76. The zero-order chi connectivity index (χ0) is 9.14. The van der Waals surface area contributed by atoms with Crippen molar-refractivity contribution in [2.24, 2.45) is 11.7 Å². The number of carbonyl (C=O) groups excluding carboxylic acids is 1. The van der Waals surface area contributed by atoms with E-state index in [-0.39, 0.29) is 11.8 Å². The van der Waals surface area contributed by atoms with Gasteiger partial charge in [0.15, 0.2) is 0 Å². The molecule has 0 radical (unpaired) electrons. The lowest BCUT2D eigenvalue weighted by atomic mass is 9.96. The van der Waals surface area contributed by atoms with Crippen LogP contribution in [-0.4, -0.2) is 35.2 Å². The van der Waals surface area contributed by atoms with Gasteiger partial charge in [0.2, 0.25) is 5.91 Å². The van der Waals surface area contributed by atoms with Crippen LogP contribution in [0, 0.1) is 5.92 Å². The molecule has 4 heteroatoms. The van der Waals surface area contributed by atoms with Crippen molar-refractivity contribution in [2.75, 3.05) is 13.1 Å². The number of amides is 1. The van der Waals surface area contributed by atoms with Gasteiger partial charge < -0.3 is 10.8 Å². The topological polar surface area (TPSA) is 66.6 Å². The summed E-state index contributed by atoms with van der Waals surface area (Å²) in [6.07, 6.45) is 1.15. The van der Waals surface area contributed by atoms with Crippen LogP contribution in [0.4, 0.5) is 0 Å². The number of hydrogen-bond acceptors (Lipinski definition) is 3. The zero-order valence-electron chi connectivity index (χ0n) is 7.36. The van der Waals surface area contributed by atoms with Gasteiger partial charge in [-0.25, -0.2) is 0 Å². The number of nitrogens with zero attached hydrogens (tertiary/aromatic N) is 1. The van der Waals surface area contributed by atoms with Crippen molar-refractivity contribution in [3.8, 4) is 0 Å². The molecular weight excluding hydrogens is 156 g/mol. The van der Waals surface area contributed by atoms with Crippen LogP contribution in [0.15, 0.2) is 0 Å². The van der Waals surface area contributed by atoms with Gasteiger partial charge in [-0.15, -0.1) is 0 Å². The molecule has 0 aromatic rings. The molecule has 1 fully saturated rings. The predicted octanol–water partition coefficient (Wildman–Crippen LogP) is -0.478. The number of hydrogen-bond donors (Lipinski definition) is 2. The van der Waals surface area contributed by atoms with Gasteiger partial charge in [-0.05, 0) is 19.8 Å². The highest BCUT2D eigenvalue weighted by atomic mass is 16.3. The van der Waals surface area contributed by atoms with Crippen LogP contribution >= 0.6 is 0 Å². The number of aliphatic hydroxyl groups is 1. The van der Waals surface area contributed by atoms with Crippen molar-refractivity contribution >= 4 is 5.91 Å². The smallest absolute Gasteiger partial charge is 0.220 e. The SMILES string of the molecule is CC(O)N1CCC(C(N)=O)CC1. The van der Waals surface area contributed by atoms with Crippen LogP contribution < -0.4 is 5.73 Å². The molecule has 0 aromatic heterocycles. The lowest BCUT2D eigenvalue weighted by molar-refractivity contribution is -0.124. The molecule has 1 heterocycles. The second-order valence-corrected chi connectivity index (χ2v) is 3.34. The third kappa shape index (κ3) is 2.19. The number of likely N-dealkylation sites (tertiary alicyclic amines) is 1. The number of piperidine rings is 1. The van der Waals surface area contributed by atoms with E-state index in [0.29, 0.717) is 0 Å². The first kappa shape index (κ1) is 9.48. The summed E-state index contributed by atoms with van der Waals surface area (Å²) in [6.45, 7) is 3.28. The Kier molecular flexibility index (Phi) is 3.05. The van der Waals surface area contributed by atoms with E-state index in [9.17, 15) is 9.90 Å². The molecule has 0 aromatic carbocycles. The summed E-state index contributed by atoms with van der Waals surface area (Å²) in [7, 11) is 0. The van der Waals surface area contributed by atoms with Crippen LogP contribution in [0.3, 0.4) is 0 Å². The largest absolute Gasteiger partial charge is 0.379 e. The molecule has 0 bridgehead atoms. The third-order valence-electron chi connectivity index (χ3n) is 2.46. The molecule has 70 valence electrons. The van der Waals surface area contributed by atoms with E-state index in [2.05, 4.69) is 0 Å². The van der Waals surface area contributed by atoms with Crippen LogP contribution in [0.5, 0.6) is 0 Å². The van der Waals surface area contributed by atoms with E-state index in [1.807, 2.05) is 4.90 Å². The molecule has 1 rings (SSSR count). The van der Waals surface area contributed by atoms with Crippen molar-refractivity contribution < 1.29 is 9.90 Å². The molecule has 3 N–H and O–H groups in total. The summed E-state index contributed by atoms with van der Waals surface area (Å²) in [6, 6.07) is 0. The molecule has 0 saturated carbocycles. The number of carbonyl (C=O) groups is 1. The first-order valence-electron chi connectivity index (χ1n) is 4.32. The Morgan fingerprint density at radius 1 is 1.58 bits per heavy atom. The van der Waals surface area contributed by atoms with E-state index >= 15 is 0 Å². The lowest BCUT2D eigenvalue weighted by Crippen LogP contribution is -2.42. The Labute approximate surface area is 72.3 Å². The van der Waals surface area contributed by atoms with Crippen molar-refractivity contribution in [3.63, 3.8) is 0 Å². The summed E-state index contributed by atoms with van der Waals surface area (Å²) in [4.78, 5) is 12.7. The van der Waals surface area contributed by atoms with E-state index < -0.39 is 6.23 Å². The van der Waals surface area contributed by atoms with Gasteiger partial charge in [-0.2, -0.15) is 0 Å². The van der Waals surface area contributed by atoms with Gasteiger partial charge in [-0.1, -0.05) is 0 Å². The molecule has 1 aliphatic heterocycles. The Morgan fingerprint density at radius 2 is 2.08 bits per heavy atom. The lowest BCUT2D eigenvalue weighted by Gasteiger charge is -2.32. The average Bonchev–Trinajstić information content (AvgIpc) is 2.04. The molecule has 1 amide bonds. The van der Waals surface area contributed by atoms with Crippen molar-refractivity contribution in [1.29, 1.82) is 0 Å². The molecule has 12 heavy (non-hydrogen) atoms. The Morgan fingerprint density at radius 3 is 2.42 bits per heavy atom. The van der Waals surface area contributed by atoms with Gasteiger partial charge in [0.05, 0.1) is 0 Å². The maximum absolute atomic E-state index is 10.8. The van der Waals surface area contributed by atoms with Crippen LogP contribution in [0.2, 0.25) is 0 Å². The fourth-order valence-electron chi connectivity index (χ4n) is 1.56. The monoisotopic (exact) mass is 172 g/mol. The fraction of sp³-hybridized carbons (Fsp3) is 0.875. The van der Waals surface area contributed by atoms with Crippen LogP contribution in [0.1, 0.15) is 19.8 Å². The molecule has 4 nitrogen and oxygen atoms in total. The van der Waals surface area contributed by atoms with Crippen molar-refractivity contribution in [1.82, 2.24) is 4.90 Å². The molecule has 1 saturated heterocycles. The molecule has 1 unspecified atom stereocenters. The zero-order valence-corrected chi connectivity index (χ0v) is 7.36. The van der Waals surface area contributed by atoms with Crippen molar-refractivity contribution in [3.05, 3.63) is 0 Å². The summed E-state index contributed by atoms with van der Waals surface area (Å²) >= 11 is 0. The Balaban J connectivity index is 2.34. The number of aliphatic hydroxyl groups excluding tert-OH is 1. The summed E-state index contributed by atoms with van der Waals surface area (Å²) in [5, 5.41) is 9.21. The molecule has 0 aliphatic carbocycles. The van der Waals surface area contributed by atoms with E-state index in [0.717, 1.165) is 25.9 Å². The maximum atomic E-state index is 10.8. The minimum atomic E-state index is -0.404. The highest BCUT2D eigenvalue weighted by Gasteiger charge is 2.24. The van der Waals surface area contributed by atoms with Gasteiger partial charge in [-0.3, -0.25) is 9.69 Å². The van der Waals surface area contributed by atoms with Crippen LogP contribution in [-0.2, 0) is 4.79 Å². The summed E-state index contributed by atoms with van der Waals surface area (Å²) in [5.74, 6) is -0.194. The van der Waals surface area contributed by atoms with Gasteiger partial charge in [0.25, 0.3) is 0 Å². The number of primary amides is 1. The first-order valence-corrected chi connectivity index (χ1v) is 4.32. The van der Waals surface area contributed by atoms with Gasteiger partial charge in [0.1, 0.15) is 6.23 Å². The van der Waals surface area contributed by atoms with Crippen molar-refractivity contribution in [2.45, 2.75) is 26.0 Å². The number of rotatable bonds is 2. The maximum Gasteiger partial charge on any atom is 0.220 e. The minimum Gasteiger partial charge on any atom is -0.379 e. The summed E-state index contributed by atoms with van der Waals surface area (Å²) < 4.78 is 0. The summed E-state index contributed by atoms with van der Waals surface area (Å²) in [5.41, 5.74) is 5.17. The molecule has 1 atom stereocenters. The second-order valence-electron chi connectivity index (χ2n) is 3.34. The highest BCUT2D eigenvalue weighted by Crippen LogP contribution is 2.17. The molecule has 1 aliphatic rings. The Bertz CT molecular complexity index is 162. The predicted molar refractivity (Wildman–Crippen MR) is 45.2 cm³/mol. The van der Waals surface area contributed by atoms with Crippen LogP contribution in [0.25, 0.3) is 0 Å².